The first-order chi connectivity index (χ1) is 17.0. The predicted molar refractivity (Wildman–Crippen MR) is 125 cm³/mol. The van der Waals surface area contributed by atoms with Crippen LogP contribution in [0, 0.1) is 0 Å². The average Bonchev–Trinajstić information content (AvgIpc) is 3.53. The third-order valence-electron chi connectivity index (χ3n) is 5.85. The highest BCUT2D eigenvalue weighted by atomic mass is 16.3. The van der Waals surface area contributed by atoms with E-state index in [1.54, 1.807) is 0 Å². The van der Waals surface area contributed by atoms with E-state index in [1.807, 2.05) is 60.7 Å². The maximum atomic E-state index is 13.2. The Hall–Kier alpha value is -4.27. The molecule has 2 N–H and O–H groups in total. The van der Waals surface area contributed by atoms with Crippen LogP contribution in [0.15, 0.2) is 77.5 Å². The number of rotatable bonds is 10. The number of ketones is 1. The molecule has 1 aliphatic heterocycles. The molecule has 1 aromatic heterocycles. The quantitative estimate of drug-likeness (QED) is 0.432. The van der Waals surface area contributed by atoms with Crippen LogP contribution in [0.3, 0.4) is 0 Å². The van der Waals surface area contributed by atoms with Crippen molar-refractivity contribution in [2.45, 2.75) is 44.4 Å². The number of likely N-dealkylation sites (tertiary alicyclic amines) is 1. The third-order valence-corrected chi connectivity index (χ3v) is 5.85. The molecule has 9 heteroatoms. The van der Waals surface area contributed by atoms with Gasteiger partial charge in [-0.05, 0) is 17.5 Å². The summed E-state index contributed by atoms with van der Waals surface area (Å²) in [6.07, 6.45) is 3.54. The van der Waals surface area contributed by atoms with Gasteiger partial charge in [0.1, 0.15) is 18.3 Å². The van der Waals surface area contributed by atoms with Crippen LogP contribution in [0.4, 0.5) is 0 Å². The first-order valence-electron chi connectivity index (χ1n) is 11.4. The molecule has 2 aromatic carbocycles. The van der Waals surface area contributed by atoms with Crippen molar-refractivity contribution in [1.82, 2.24) is 20.5 Å². The maximum Gasteiger partial charge on any atom is 0.290 e. The van der Waals surface area contributed by atoms with Gasteiger partial charge in [-0.1, -0.05) is 60.7 Å². The molecule has 35 heavy (non-hydrogen) atoms. The fourth-order valence-electron chi connectivity index (χ4n) is 4.05. The molecule has 180 valence electrons. The molecular weight excluding hydrogens is 448 g/mol. The van der Waals surface area contributed by atoms with Gasteiger partial charge in [0.25, 0.3) is 5.91 Å². The summed E-state index contributed by atoms with van der Waals surface area (Å²) >= 11 is 0. The Kier molecular flexibility index (Phi) is 7.67. The van der Waals surface area contributed by atoms with Gasteiger partial charge in [-0.3, -0.25) is 19.2 Å². The summed E-state index contributed by atoms with van der Waals surface area (Å²) in [4.78, 5) is 56.8. The van der Waals surface area contributed by atoms with Crippen molar-refractivity contribution >= 4 is 23.5 Å². The fraction of sp³-hybridized carbons (Fsp3) is 0.269. The highest BCUT2D eigenvalue weighted by Crippen LogP contribution is 2.22. The highest BCUT2D eigenvalue weighted by molar-refractivity contribution is 6.38. The minimum absolute atomic E-state index is 0.0500. The third kappa shape index (κ3) is 6.20. The Morgan fingerprint density at radius 3 is 2.37 bits per heavy atom. The van der Waals surface area contributed by atoms with Crippen LogP contribution in [0.2, 0.25) is 0 Å². The monoisotopic (exact) mass is 474 g/mol. The van der Waals surface area contributed by atoms with E-state index in [9.17, 15) is 19.2 Å². The molecule has 2 heterocycles. The smallest absolute Gasteiger partial charge is 0.290 e. The van der Waals surface area contributed by atoms with Gasteiger partial charge in [0.2, 0.25) is 23.5 Å². The van der Waals surface area contributed by atoms with Gasteiger partial charge < -0.3 is 20.0 Å². The number of carbonyl (C=O) groups excluding carboxylic acids is 4. The van der Waals surface area contributed by atoms with Crippen molar-refractivity contribution in [1.29, 1.82) is 0 Å². The van der Waals surface area contributed by atoms with Crippen LogP contribution in [0.25, 0.3) is 0 Å². The van der Waals surface area contributed by atoms with Crippen molar-refractivity contribution in [3.63, 3.8) is 0 Å². The van der Waals surface area contributed by atoms with E-state index in [0.717, 1.165) is 11.1 Å². The lowest BCUT2D eigenvalue weighted by Crippen LogP contribution is -2.53. The summed E-state index contributed by atoms with van der Waals surface area (Å²) in [5.41, 5.74) is 1.69. The van der Waals surface area contributed by atoms with E-state index < -0.39 is 29.7 Å². The molecule has 3 amide bonds. The number of oxazole rings is 1. The number of nitrogens with zero attached hydrogens (tertiary/aromatic N) is 2. The number of Topliss-reactive ketones (excluding diaryl/α,β-unsaturated/α-hetero) is 1. The molecule has 1 saturated heterocycles. The van der Waals surface area contributed by atoms with Crippen LogP contribution >= 0.6 is 0 Å². The Labute approximate surface area is 202 Å². The highest BCUT2D eigenvalue weighted by Gasteiger charge is 2.38. The van der Waals surface area contributed by atoms with Crippen LogP contribution in [0.1, 0.15) is 29.9 Å². The van der Waals surface area contributed by atoms with Gasteiger partial charge in [-0.2, -0.15) is 0 Å². The SMILES string of the molecule is O=C(NCc1ncco1)C(=O)C(Cc1ccccc1)NC(=O)[C@@H]1CCC(=O)N1Cc1ccccc1. The Bertz CT molecular complexity index is 1160. The van der Waals surface area contributed by atoms with E-state index in [4.69, 9.17) is 4.42 Å². The van der Waals surface area contributed by atoms with Crippen LogP contribution in [0.5, 0.6) is 0 Å². The molecule has 0 saturated carbocycles. The van der Waals surface area contributed by atoms with E-state index in [-0.39, 0.29) is 31.2 Å². The van der Waals surface area contributed by atoms with E-state index in [1.165, 1.54) is 17.4 Å². The first kappa shape index (κ1) is 23.9. The Balaban J connectivity index is 1.47. The fourth-order valence-corrected chi connectivity index (χ4v) is 4.05. The average molecular weight is 475 g/mol. The van der Waals surface area contributed by atoms with Gasteiger partial charge >= 0.3 is 0 Å². The molecule has 0 bridgehead atoms. The molecule has 9 nitrogen and oxygen atoms in total. The van der Waals surface area contributed by atoms with Gasteiger partial charge in [-0.25, -0.2) is 4.98 Å². The minimum Gasteiger partial charge on any atom is -0.447 e. The molecule has 2 atom stereocenters. The standard InChI is InChI=1S/C26H26N4O5/c31-23-12-11-21(30(23)17-19-9-5-2-6-10-19)25(33)29-20(15-18-7-3-1-4-8-18)24(32)26(34)28-16-22-27-13-14-35-22/h1-10,13-14,20-21H,11-12,15-17H2,(H,28,34)(H,29,33)/t20?,21-/m0/s1. The van der Waals surface area contributed by atoms with Gasteiger partial charge in [0, 0.05) is 19.4 Å². The molecule has 1 aliphatic rings. The summed E-state index contributed by atoms with van der Waals surface area (Å²) in [6.45, 7) is 0.247. The number of hydrogen-bond acceptors (Lipinski definition) is 6. The van der Waals surface area contributed by atoms with E-state index in [0.29, 0.717) is 13.0 Å². The zero-order chi connectivity index (χ0) is 24.6. The zero-order valence-electron chi connectivity index (χ0n) is 19.1. The minimum atomic E-state index is -1.09. The molecular formula is C26H26N4O5. The molecule has 3 aromatic rings. The lowest BCUT2D eigenvalue weighted by molar-refractivity contribution is -0.141. The number of aromatic nitrogens is 1. The first-order valence-corrected chi connectivity index (χ1v) is 11.4. The predicted octanol–water partition coefficient (Wildman–Crippen LogP) is 1.78. The second-order valence-electron chi connectivity index (χ2n) is 8.29. The summed E-state index contributed by atoms with van der Waals surface area (Å²) in [5, 5.41) is 5.22. The van der Waals surface area contributed by atoms with Crippen molar-refractivity contribution in [3.8, 4) is 0 Å². The number of amides is 3. The molecule has 0 aliphatic carbocycles. The number of nitrogens with one attached hydrogen (secondary N) is 2. The van der Waals surface area contributed by atoms with Gasteiger partial charge in [0.05, 0.1) is 12.7 Å². The number of carbonyl (C=O) groups is 4. The largest absolute Gasteiger partial charge is 0.447 e. The van der Waals surface area contributed by atoms with Crippen molar-refractivity contribution in [2.75, 3.05) is 0 Å². The zero-order valence-corrected chi connectivity index (χ0v) is 19.1. The van der Waals surface area contributed by atoms with Crippen molar-refractivity contribution in [3.05, 3.63) is 90.1 Å². The van der Waals surface area contributed by atoms with Crippen LogP contribution in [-0.2, 0) is 38.7 Å². The number of benzene rings is 2. The van der Waals surface area contributed by atoms with Crippen molar-refractivity contribution in [2.24, 2.45) is 0 Å². The van der Waals surface area contributed by atoms with Crippen LogP contribution in [-0.4, -0.2) is 45.5 Å². The molecule has 0 spiro atoms. The lowest BCUT2D eigenvalue weighted by atomic mass is 10.0. The Morgan fingerprint density at radius 1 is 1.03 bits per heavy atom. The summed E-state index contributed by atoms with van der Waals surface area (Å²) < 4.78 is 5.08. The molecule has 0 radical (unpaired) electrons. The summed E-state index contributed by atoms with van der Waals surface area (Å²) in [6, 6.07) is 16.7. The van der Waals surface area contributed by atoms with E-state index in [2.05, 4.69) is 15.6 Å². The summed E-state index contributed by atoms with van der Waals surface area (Å²) in [7, 11) is 0. The van der Waals surface area contributed by atoms with Gasteiger partial charge in [-0.15, -0.1) is 0 Å². The molecule has 1 unspecified atom stereocenters. The normalized spacial score (nSPS) is 16.1. The Morgan fingerprint density at radius 2 is 1.71 bits per heavy atom. The maximum absolute atomic E-state index is 13.2. The lowest BCUT2D eigenvalue weighted by Gasteiger charge is -2.26. The second-order valence-corrected chi connectivity index (χ2v) is 8.29. The van der Waals surface area contributed by atoms with Gasteiger partial charge in [0.15, 0.2) is 0 Å². The van der Waals surface area contributed by atoms with Crippen LogP contribution < -0.4 is 10.6 Å². The van der Waals surface area contributed by atoms with Crippen molar-refractivity contribution < 1.29 is 23.6 Å². The second kappa shape index (κ2) is 11.2. The topological polar surface area (TPSA) is 122 Å². The molecule has 4 rings (SSSR count). The summed E-state index contributed by atoms with van der Waals surface area (Å²) in [5.74, 6) is -1.96. The molecule has 1 fully saturated rings. The number of hydrogen-bond donors (Lipinski definition) is 2. The van der Waals surface area contributed by atoms with E-state index >= 15 is 0 Å².